The van der Waals surface area contributed by atoms with Gasteiger partial charge in [0.15, 0.2) is 6.17 Å². The normalized spacial score (nSPS) is 27.8. The van der Waals surface area contributed by atoms with E-state index < -0.39 is 6.17 Å². The van der Waals surface area contributed by atoms with Crippen LogP contribution in [0.5, 0.6) is 5.75 Å². The number of fused-ring (bicyclic) bond motifs is 1. The minimum atomic E-state index is -0.953. The smallest absolute Gasteiger partial charge is 0.165 e. The van der Waals surface area contributed by atoms with Crippen molar-refractivity contribution in [2.24, 2.45) is 0 Å². The van der Waals surface area contributed by atoms with Crippen LogP contribution in [0.3, 0.4) is 0 Å². The molecule has 0 fully saturated rings. The summed E-state index contributed by atoms with van der Waals surface area (Å²) in [5.41, 5.74) is 0.681. The number of alkyl halides is 1. The first kappa shape index (κ1) is 6.65. The summed E-state index contributed by atoms with van der Waals surface area (Å²) >= 11 is 0. The fourth-order valence-corrected chi connectivity index (χ4v) is 1.33. The molecule has 0 radical (unpaired) electrons. The van der Waals surface area contributed by atoms with Crippen molar-refractivity contribution in [2.45, 2.75) is 19.2 Å². The number of ether oxygens (including phenoxy) is 1. The predicted octanol–water partition coefficient (Wildman–Crippen LogP) is 2.48. The molecule has 0 saturated carbocycles. The maximum Gasteiger partial charge on any atom is 0.165 e. The van der Waals surface area contributed by atoms with E-state index in [1.54, 1.807) is 19.1 Å². The van der Waals surface area contributed by atoms with Crippen LogP contribution in [-0.2, 0) is 0 Å². The van der Waals surface area contributed by atoms with Gasteiger partial charge in [-0.3, -0.25) is 0 Å². The van der Waals surface area contributed by atoms with Crippen molar-refractivity contribution in [3.05, 3.63) is 29.8 Å². The van der Waals surface area contributed by atoms with E-state index in [0.29, 0.717) is 11.3 Å². The molecule has 11 heavy (non-hydrogen) atoms. The Bertz CT molecular complexity index is 272. The van der Waals surface area contributed by atoms with Crippen LogP contribution in [0.25, 0.3) is 0 Å². The largest absolute Gasteiger partial charge is 0.487 e. The Labute approximate surface area is 64.8 Å². The second-order valence-electron chi connectivity index (χ2n) is 2.76. The van der Waals surface area contributed by atoms with Crippen LogP contribution >= 0.6 is 0 Å². The molecule has 0 aromatic heterocycles. The average molecular weight is 152 g/mol. The first-order valence-corrected chi connectivity index (χ1v) is 3.68. The molecular weight excluding hydrogens is 143 g/mol. The third-order valence-corrected chi connectivity index (χ3v) is 1.94. The van der Waals surface area contributed by atoms with Crippen LogP contribution in [0, 0.1) is 0 Å². The molecule has 0 N–H and O–H groups in total. The predicted molar refractivity (Wildman–Crippen MR) is 40.4 cm³/mol. The van der Waals surface area contributed by atoms with Gasteiger partial charge >= 0.3 is 0 Å². The Kier molecular flexibility index (Phi) is 1.34. The topological polar surface area (TPSA) is 9.23 Å². The van der Waals surface area contributed by atoms with E-state index >= 15 is 0 Å². The summed E-state index contributed by atoms with van der Waals surface area (Å²) in [6, 6.07) is 7.24. The number of benzene rings is 1. The SMILES string of the molecule is CC1Oc2ccccc2C1F. The molecule has 0 aliphatic carbocycles. The van der Waals surface area contributed by atoms with Gasteiger partial charge in [0.2, 0.25) is 0 Å². The van der Waals surface area contributed by atoms with E-state index in [0.717, 1.165) is 0 Å². The Morgan fingerprint density at radius 2 is 2.09 bits per heavy atom. The number of rotatable bonds is 0. The van der Waals surface area contributed by atoms with Gasteiger partial charge in [-0.05, 0) is 13.0 Å². The van der Waals surface area contributed by atoms with Crippen LogP contribution in [-0.4, -0.2) is 6.10 Å². The summed E-state index contributed by atoms with van der Waals surface area (Å²) in [4.78, 5) is 0. The Morgan fingerprint density at radius 3 is 2.82 bits per heavy atom. The zero-order valence-electron chi connectivity index (χ0n) is 6.25. The van der Waals surface area contributed by atoms with Gasteiger partial charge in [-0.1, -0.05) is 18.2 Å². The molecule has 1 aliphatic rings. The van der Waals surface area contributed by atoms with Crippen LogP contribution < -0.4 is 4.74 Å². The van der Waals surface area contributed by atoms with Gasteiger partial charge in [0.1, 0.15) is 11.9 Å². The highest BCUT2D eigenvalue weighted by atomic mass is 19.1. The maximum atomic E-state index is 13.2. The lowest BCUT2D eigenvalue weighted by Crippen LogP contribution is -2.09. The van der Waals surface area contributed by atoms with E-state index in [1.165, 1.54) is 0 Å². The van der Waals surface area contributed by atoms with Gasteiger partial charge in [-0.15, -0.1) is 0 Å². The van der Waals surface area contributed by atoms with E-state index in [1.807, 2.05) is 12.1 Å². The molecule has 2 heteroatoms. The molecule has 2 rings (SSSR count). The van der Waals surface area contributed by atoms with Crippen LogP contribution in [0.2, 0.25) is 0 Å². The zero-order chi connectivity index (χ0) is 7.84. The highest BCUT2D eigenvalue weighted by molar-refractivity contribution is 5.39. The molecule has 0 bridgehead atoms. The minimum absolute atomic E-state index is 0.326. The van der Waals surface area contributed by atoms with Gasteiger partial charge in [-0.2, -0.15) is 0 Å². The number of halogens is 1. The fourth-order valence-electron chi connectivity index (χ4n) is 1.33. The summed E-state index contributed by atoms with van der Waals surface area (Å²) in [6.07, 6.45) is -1.28. The van der Waals surface area contributed by atoms with Gasteiger partial charge in [0, 0.05) is 5.56 Å². The van der Waals surface area contributed by atoms with Gasteiger partial charge < -0.3 is 4.74 Å². The monoisotopic (exact) mass is 152 g/mol. The first-order valence-electron chi connectivity index (χ1n) is 3.68. The molecule has 1 aliphatic heterocycles. The number of para-hydroxylation sites is 1. The van der Waals surface area contributed by atoms with Crippen molar-refractivity contribution >= 4 is 0 Å². The third kappa shape index (κ3) is 0.897. The molecule has 1 aromatic carbocycles. The van der Waals surface area contributed by atoms with Crippen molar-refractivity contribution in [1.82, 2.24) is 0 Å². The quantitative estimate of drug-likeness (QED) is 0.555. The fraction of sp³-hybridized carbons (Fsp3) is 0.333. The molecule has 1 aromatic rings. The highest BCUT2D eigenvalue weighted by Crippen LogP contribution is 2.38. The summed E-state index contributed by atoms with van der Waals surface area (Å²) in [5, 5.41) is 0. The summed E-state index contributed by atoms with van der Waals surface area (Å²) in [7, 11) is 0. The standard InChI is InChI=1S/C9H9FO/c1-6-9(10)7-4-2-3-5-8(7)11-6/h2-6,9H,1H3. The molecule has 2 atom stereocenters. The molecule has 0 amide bonds. The molecular formula is C9H9FO. The van der Waals surface area contributed by atoms with Gasteiger partial charge in [0.05, 0.1) is 0 Å². The van der Waals surface area contributed by atoms with Gasteiger partial charge in [-0.25, -0.2) is 4.39 Å². The lowest BCUT2D eigenvalue weighted by Gasteiger charge is -2.03. The zero-order valence-corrected chi connectivity index (χ0v) is 6.25. The second-order valence-corrected chi connectivity index (χ2v) is 2.76. The van der Waals surface area contributed by atoms with E-state index in [4.69, 9.17) is 4.74 Å². The number of hydrogen-bond donors (Lipinski definition) is 0. The van der Waals surface area contributed by atoms with Crippen molar-refractivity contribution in [2.75, 3.05) is 0 Å². The van der Waals surface area contributed by atoms with Crippen molar-refractivity contribution in [1.29, 1.82) is 0 Å². The number of hydrogen-bond acceptors (Lipinski definition) is 1. The van der Waals surface area contributed by atoms with E-state index in [9.17, 15) is 4.39 Å². The summed E-state index contributed by atoms with van der Waals surface area (Å²) < 4.78 is 18.4. The van der Waals surface area contributed by atoms with Crippen LogP contribution in [0.4, 0.5) is 4.39 Å². The van der Waals surface area contributed by atoms with Crippen molar-refractivity contribution in [3.63, 3.8) is 0 Å². The Balaban J connectivity index is 2.47. The molecule has 58 valence electrons. The summed E-state index contributed by atoms with van der Waals surface area (Å²) in [5.74, 6) is 0.688. The van der Waals surface area contributed by atoms with Crippen LogP contribution in [0.1, 0.15) is 18.7 Å². The second kappa shape index (κ2) is 2.22. The van der Waals surface area contributed by atoms with Crippen LogP contribution in [0.15, 0.2) is 24.3 Å². The lowest BCUT2D eigenvalue weighted by molar-refractivity contribution is 0.154. The molecule has 2 unspecified atom stereocenters. The lowest BCUT2D eigenvalue weighted by atomic mass is 10.1. The Morgan fingerprint density at radius 1 is 1.36 bits per heavy atom. The van der Waals surface area contributed by atoms with Crippen molar-refractivity contribution < 1.29 is 9.13 Å². The van der Waals surface area contributed by atoms with Gasteiger partial charge in [0.25, 0.3) is 0 Å². The molecule has 1 heterocycles. The minimum Gasteiger partial charge on any atom is -0.487 e. The Hall–Kier alpha value is -1.05. The molecule has 0 saturated heterocycles. The molecule has 1 nitrogen and oxygen atoms in total. The highest BCUT2D eigenvalue weighted by Gasteiger charge is 2.30. The molecule has 0 spiro atoms. The van der Waals surface area contributed by atoms with E-state index in [-0.39, 0.29) is 6.10 Å². The average Bonchev–Trinajstić information content (AvgIpc) is 2.30. The maximum absolute atomic E-state index is 13.2. The third-order valence-electron chi connectivity index (χ3n) is 1.94. The summed E-state index contributed by atoms with van der Waals surface area (Å²) in [6.45, 7) is 1.74. The first-order chi connectivity index (χ1) is 5.29. The van der Waals surface area contributed by atoms with Crippen molar-refractivity contribution in [3.8, 4) is 5.75 Å². The van der Waals surface area contributed by atoms with E-state index in [2.05, 4.69) is 0 Å².